The Morgan fingerprint density at radius 1 is 1.71 bits per heavy atom. The summed E-state index contributed by atoms with van der Waals surface area (Å²) in [5.41, 5.74) is 11.4. The van der Waals surface area contributed by atoms with Crippen LogP contribution in [-0.4, -0.2) is 18.9 Å². The van der Waals surface area contributed by atoms with Gasteiger partial charge in [-0.1, -0.05) is 0 Å². The Hall–Kier alpha value is -1.40. The van der Waals surface area contributed by atoms with Crippen LogP contribution in [0.2, 0.25) is 0 Å². The Kier molecular flexibility index (Phi) is 3.21. The lowest BCUT2D eigenvalue weighted by Gasteiger charge is -2.05. The zero-order valence-electron chi connectivity index (χ0n) is 7.61. The average molecular weight is 213 g/mol. The van der Waals surface area contributed by atoms with Crippen molar-refractivity contribution >= 4 is 23.1 Å². The fourth-order valence-corrected chi connectivity index (χ4v) is 1.80. The summed E-state index contributed by atoms with van der Waals surface area (Å²) < 4.78 is 4.49. The molecule has 0 amide bonds. The van der Waals surface area contributed by atoms with Crippen molar-refractivity contribution < 1.29 is 9.53 Å². The Balaban J connectivity index is 2.86. The van der Waals surface area contributed by atoms with Gasteiger partial charge in [-0.25, -0.2) is 4.79 Å². The Morgan fingerprint density at radius 2 is 2.36 bits per heavy atom. The molecule has 1 rings (SSSR count). The maximum atomic E-state index is 11.1. The van der Waals surface area contributed by atoms with E-state index in [-0.39, 0.29) is 5.84 Å². The number of hydrogen-bond acceptors (Lipinski definition) is 5. The van der Waals surface area contributed by atoms with Crippen molar-refractivity contribution in [1.29, 1.82) is 5.41 Å². The van der Waals surface area contributed by atoms with Crippen LogP contribution in [-0.2, 0) is 9.53 Å². The summed E-state index contributed by atoms with van der Waals surface area (Å²) in [7, 11) is 1.28. The van der Waals surface area contributed by atoms with Gasteiger partial charge in [0.1, 0.15) is 11.9 Å². The molecule has 0 radical (unpaired) electrons. The van der Waals surface area contributed by atoms with E-state index in [1.807, 2.05) is 0 Å². The molecule has 0 fully saturated rings. The van der Waals surface area contributed by atoms with Gasteiger partial charge in [-0.2, -0.15) is 0 Å². The minimum Gasteiger partial charge on any atom is -0.468 e. The molecule has 1 heterocycles. The molecule has 6 heteroatoms. The van der Waals surface area contributed by atoms with Crippen LogP contribution in [0.4, 0.5) is 0 Å². The first kappa shape index (κ1) is 10.7. The van der Waals surface area contributed by atoms with Gasteiger partial charge in [0.2, 0.25) is 0 Å². The average Bonchev–Trinajstić information content (AvgIpc) is 2.64. The summed E-state index contributed by atoms with van der Waals surface area (Å²) >= 11 is 1.28. The molecule has 1 atom stereocenters. The molecule has 0 aromatic carbocycles. The van der Waals surface area contributed by atoms with Crippen LogP contribution in [0.25, 0.3) is 0 Å². The third-order valence-electron chi connectivity index (χ3n) is 1.69. The molecule has 14 heavy (non-hydrogen) atoms. The van der Waals surface area contributed by atoms with Gasteiger partial charge in [0.25, 0.3) is 0 Å². The number of nitrogens with two attached hydrogens (primary N) is 2. The van der Waals surface area contributed by atoms with Gasteiger partial charge in [-0.05, 0) is 6.07 Å². The van der Waals surface area contributed by atoms with Crippen LogP contribution in [0.5, 0.6) is 0 Å². The first-order valence-corrected chi connectivity index (χ1v) is 4.70. The molecule has 1 aromatic heterocycles. The maximum absolute atomic E-state index is 11.1. The number of rotatable bonds is 3. The SMILES string of the molecule is COC(=O)C(N)c1cc(C(=N)N)cs1. The van der Waals surface area contributed by atoms with E-state index < -0.39 is 12.0 Å². The summed E-state index contributed by atoms with van der Waals surface area (Å²) in [5.74, 6) is -0.536. The topological polar surface area (TPSA) is 102 Å². The van der Waals surface area contributed by atoms with Gasteiger partial charge in [0, 0.05) is 15.8 Å². The Bertz CT molecular complexity index is 361. The first-order chi connectivity index (χ1) is 6.56. The number of esters is 1. The Labute approximate surface area is 85.2 Å². The van der Waals surface area contributed by atoms with E-state index in [9.17, 15) is 4.79 Å². The molecule has 76 valence electrons. The minimum absolute atomic E-state index is 0.0374. The molecule has 1 aromatic rings. The first-order valence-electron chi connectivity index (χ1n) is 3.82. The zero-order valence-corrected chi connectivity index (χ0v) is 8.43. The van der Waals surface area contributed by atoms with Gasteiger partial charge in [0.05, 0.1) is 7.11 Å². The van der Waals surface area contributed by atoms with E-state index in [4.69, 9.17) is 16.9 Å². The fraction of sp³-hybridized carbons (Fsp3) is 0.250. The third kappa shape index (κ3) is 2.09. The number of carbonyl (C=O) groups is 1. The third-order valence-corrected chi connectivity index (χ3v) is 2.71. The van der Waals surface area contributed by atoms with Crippen molar-refractivity contribution in [2.24, 2.45) is 11.5 Å². The van der Waals surface area contributed by atoms with Crippen LogP contribution < -0.4 is 11.5 Å². The lowest BCUT2D eigenvalue weighted by Crippen LogP contribution is -2.21. The van der Waals surface area contributed by atoms with Gasteiger partial charge in [0.15, 0.2) is 0 Å². The van der Waals surface area contributed by atoms with Crippen LogP contribution in [0.1, 0.15) is 16.5 Å². The number of nitrogens with one attached hydrogen (secondary N) is 1. The highest BCUT2D eigenvalue weighted by molar-refractivity contribution is 7.10. The molecular formula is C8H11N3O2S. The molecule has 0 saturated carbocycles. The molecular weight excluding hydrogens is 202 g/mol. The predicted molar refractivity (Wildman–Crippen MR) is 54.3 cm³/mol. The Morgan fingerprint density at radius 3 is 2.79 bits per heavy atom. The van der Waals surface area contributed by atoms with Crippen molar-refractivity contribution in [2.75, 3.05) is 7.11 Å². The van der Waals surface area contributed by atoms with Crippen LogP contribution in [0.3, 0.4) is 0 Å². The number of amidine groups is 1. The minimum atomic E-state index is -0.793. The van der Waals surface area contributed by atoms with E-state index >= 15 is 0 Å². The second-order valence-corrected chi connectivity index (χ2v) is 3.60. The molecule has 5 N–H and O–H groups in total. The fourth-order valence-electron chi connectivity index (χ4n) is 0.900. The van der Waals surface area contributed by atoms with Crippen molar-refractivity contribution in [3.63, 3.8) is 0 Å². The number of nitrogen functional groups attached to an aromatic ring is 1. The summed E-state index contributed by atoms with van der Waals surface area (Å²) in [6.45, 7) is 0. The molecule has 0 bridgehead atoms. The monoisotopic (exact) mass is 213 g/mol. The predicted octanol–water partition coefficient (Wildman–Crippen LogP) is 0.205. The quantitative estimate of drug-likeness (QED) is 0.379. The molecule has 0 aliphatic heterocycles. The summed E-state index contributed by atoms with van der Waals surface area (Å²) in [6, 6.07) is 0.826. The van der Waals surface area contributed by atoms with E-state index in [0.717, 1.165) is 0 Å². The summed E-state index contributed by atoms with van der Waals surface area (Å²) in [6.07, 6.45) is 0. The second kappa shape index (κ2) is 4.21. The largest absolute Gasteiger partial charge is 0.468 e. The normalized spacial score (nSPS) is 12.1. The molecule has 0 aliphatic rings. The highest BCUT2D eigenvalue weighted by Crippen LogP contribution is 2.21. The molecule has 5 nitrogen and oxygen atoms in total. The van der Waals surface area contributed by atoms with E-state index in [1.54, 1.807) is 11.4 Å². The zero-order chi connectivity index (χ0) is 10.7. The lowest BCUT2D eigenvalue weighted by atomic mass is 10.2. The van der Waals surface area contributed by atoms with Gasteiger partial charge in [-0.3, -0.25) is 5.41 Å². The van der Waals surface area contributed by atoms with Crippen molar-refractivity contribution in [1.82, 2.24) is 0 Å². The summed E-state index contributed by atoms with van der Waals surface area (Å²) in [4.78, 5) is 11.7. The van der Waals surface area contributed by atoms with Crippen molar-refractivity contribution in [3.8, 4) is 0 Å². The smallest absolute Gasteiger partial charge is 0.328 e. The highest BCUT2D eigenvalue weighted by Gasteiger charge is 2.18. The highest BCUT2D eigenvalue weighted by atomic mass is 32.1. The van der Waals surface area contributed by atoms with Crippen molar-refractivity contribution in [3.05, 3.63) is 21.9 Å². The molecule has 0 spiro atoms. The van der Waals surface area contributed by atoms with Gasteiger partial charge >= 0.3 is 5.97 Å². The summed E-state index contributed by atoms with van der Waals surface area (Å²) in [5, 5.41) is 8.85. The number of ether oxygens (including phenoxy) is 1. The number of hydrogen-bond donors (Lipinski definition) is 3. The number of thiophene rings is 1. The molecule has 0 aliphatic carbocycles. The van der Waals surface area contributed by atoms with Crippen LogP contribution in [0.15, 0.2) is 11.4 Å². The van der Waals surface area contributed by atoms with E-state index in [0.29, 0.717) is 10.4 Å². The number of methoxy groups -OCH3 is 1. The maximum Gasteiger partial charge on any atom is 0.328 e. The molecule has 1 unspecified atom stereocenters. The lowest BCUT2D eigenvalue weighted by molar-refractivity contribution is -0.142. The van der Waals surface area contributed by atoms with E-state index in [1.165, 1.54) is 18.4 Å². The van der Waals surface area contributed by atoms with Gasteiger partial charge in [-0.15, -0.1) is 11.3 Å². The molecule has 0 saturated heterocycles. The van der Waals surface area contributed by atoms with E-state index in [2.05, 4.69) is 4.74 Å². The van der Waals surface area contributed by atoms with Crippen molar-refractivity contribution in [2.45, 2.75) is 6.04 Å². The van der Waals surface area contributed by atoms with Crippen LogP contribution in [0, 0.1) is 5.41 Å². The second-order valence-electron chi connectivity index (χ2n) is 2.65. The van der Waals surface area contributed by atoms with Crippen LogP contribution >= 0.6 is 11.3 Å². The standard InChI is InChI=1S/C8H11N3O2S/c1-13-8(12)6(9)5-2-4(3-14-5)7(10)11/h2-3,6H,9H2,1H3,(H3,10,11). The number of carbonyl (C=O) groups excluding carboxylic acids is 1. The van der Waals surface area contributed by atoms with Gasteiger partial charge < -0.3 is 16.2 Å².